The van der Waals surface area contributed by atoms with Gasteiger partial charge in [0, 0.05) is 16.6 Å². The van der Waals surface area contributed by atoms with Crippen LogP contribution in [0.3, 0.4) is 0 Å². The molecular weight excluding hydrogens is 488 g/mol. The third kappa shape index (κ3) is 2.99. The fourth-order valence-corrected chi connectivity index (χ4v) is 13.7. The molecule has 6 saturated carbocycles. The Bertz CT molecular complexity index is 1280. The molecule has 212 valence electrons. The normalized spacial score (nSPS) is 53.6. The van der Waals surface area contributed by atoms with E-state index in [1.165, 1.54) is 69.0 Å². The molecule has 9 aliphatic rings. The van der Waals surface area contributed by atoms with E-state index in [4.69, 9.17) is 5.73 Å². The summed E-state index contributed by atoms with van der Waals surface area (Å²) < 4.78 is 0. The predicted octanol–water partition coefficient (Wildman–Crippen LogP) is 7.35. The van der Waals surface area contributed by atoms with Crippen molar-refractivity contribution in [2.45, 2.75) is 88.6 Å². The van der Waals surface area contributed by atoms with Crippen LogP contribution in [0.5, 0.6) is 0 Å². The van der Waals surface area contributed by atoms with Crippen LogP contribution in [0.2, 0.25) is 0 Å². The second-order valence-corrected chi connectivity index (χ2v) is 16.1. The Hall–Kier alpha value is -1.87. The molecule has 2 heterocycles. The molecule has 1 aromatic rings. The number of carbonyl (C=O) groups is 1. The summed E-state index contributed by atoms with van der Waals surface area (Å²) in [7, 11) is 0. The summed E-state index contributed by atoms with van der Waals surface area (Å²) in [5, 5.41) is 4.27. The molecule has 15 atom stereocenters. The Morgan fingerprint density at radius 1 is 1.02 bits per heavy atom. The van der Waals surface area contributed by atoms with Gasteiger partial charge in [0.2, 0.25) is 0 Å². The van der Waals surface area contributed by atoms with Crippen LogP contribution in [0.1, 0.15) is 82.6 Å². The number of aldehydes is 1. The van der Waals surface area contributed by atoms with E-state index in [0.29, 0.717) is 35.1 Å². The molecule has 0 saturated heterocycles. The number of para-hydroxylation sites is 1. The number of carbonyl (C=O) groups excluding carboxylic acids is 1. The van der Waals surface area contributed by atoms with Crippen molar-refractivity contribution in [3.63, 3.8) is 0 Å². The van der Waals surface area contributed by atoms with E-state index in [9.17, 15) is 4.79 Å². The van der Waals surface area contributed by atoms with E-state index in [1.54, 1.807) is 5.56 Å². The number of nitrogens with two attached hydrogens (primary N) is 1. The van der Waals surface area contributed by atoms with E-state index in [2.05, 4.69) is 55.2 Å². The van der Waals surface area contributed by atoms with Gasteiger partial charge in [-0.15, -0.1) is 0 Å². The van der Waals surface area contributed by atoms with E-state index in [1.807, 2.05) is 0 Å². The number of rotatable bonds is 3. The second-order valence-electron chi connectivity index (χ2n) is 16.1. The molecule has 15 unspecified atom stereocenters. The van der Waals surface area contributed by atoms with E-state index in [-0.39, 0.29) is 11.5 Å². The van der Waals surface area contributed by atoms with Crippen LogP contribution in [-0.4, -0.2) is 17.9 Å². The Morgan fingerprint density at radius 2 is 1.90 bits per heavy atom. The minimum atomic E-state index is -0.323. The SMILES string of the molecule is C=C1CCC2C(C3CC(C)CC13)C2(C(N)C=O)C1C=CC2C(CC3C2CC2CC4CCC23Nc2ccccc24)C1. The maximum Gasteiger partial charge on any atom is 0.137 e. The van der Waals surface area contributed by atoms with Crippen molar-refractivity contribution in [2.24, 2.45) is 76.2 Å². The first kappa shape index (κ1) is 24.7. The largest absolute Gasteiger partial charge is 0.379 e. The lowest BCUT2D eigenvalue weighted by Crippen LogP contribution is -2.49. The second kappa shape index (κ2) is 8.36. The number of hydrogen-bond acceptors (Lipinski definition) is 3. The fourth-order valence-electron chi connectivity index (χ4n) is 13.7. The molecule has 3 heteroatoms. The van der Waals surface area contributed by atoms with Crippen molar-refractivity contribution >= 4 is 12.0 Å². The van der Waals surface area contributed by atoms with Gasteiger partial charge in [-0.1, -0.05) is 49.4 Å². The summed E-state index contributed by atoms with van der Waals surface area (Å²) in [6.07, 6.45) is 19.5. The van der Waals surface area contributed by atoms with Gasteiger partial charge in [-0.25, -0.2) is 0 Å². The molecular formula is C37H48N2O. The third-order valence-corrected chi connectivity index (χ3v) is 14.9. The number of anilines is 1. The van der Waals surface area contributed by atoms with E-state index in [0.717, 1.165) is 54.1 Å². The third-order valence-electron chi connectivity index (χ3n) is 14.9. The molecule has 7 aliphatic carbocycles. The van der Waals surface area contributed by atoms with Crippen molar-refractivity contribution in [1.82, 2.24) is 0 Å². The Morgan fingerprint density at radius 3 is 2.77 bits per heavy atom. The molecule has 1 spiro atoms. The summed E-state index contributed by atoms with van der Waals surface area (Å²) in [5.41, 5.74) is 11.7. The molecule has 3 N–H and O–H groups in total. The van der Waals surface area contributed by atoms with E-state index >= 15 is 0 Å². The van der Waals surface area contributed by atoms with Gasteiger partial charge in [0.25, 0.3) is 0 Å². The average Bonchev–Trinajstić information content (AvgIpc) is 3.27. The van der Waals surface area contributed by atoms with Crippen LogP contribution in [-0.2, 0) is 4.79 Å². The average molecular weight is 537 g/mol. The zero-order valence-electron chi connectivity index (χ0n) is 24.3. The number of allylic oxidation sites excluding steroid dienone is 3. The quantitative estimate of drug-likeness (QED) is 0.314. The predicted molar refractivity (Wildman–Crippen MR) is 161 cm³/mol. The lowest BCUT2D eigenvalue weighted by molar-refractivity contribution is -0.111. The summed E-state index contributed by atoms with van der Waals surface area (Å²) >= 11 is 0. The molecule has 0 aromatic heterocycles. The van der Waals surface area contributed by atoms with Crippen LogP contribution in [0.25, 0.3) is 0 Å². The molecule has 6 fully saturated rings. The van der Waals surface area contributed by atoms with Gasteiger partial charge in [0.05, 0.1) is 6.04 Å². The zero-order chi connectivity index (χ0) is 27.0. The van der Waals surface area contributed by atoms with Crippen LogP contribution in [0, 0.1) is 70.5 Å². The van der Waals surface area contributed by atoms with Crippen LogP contribution < -0.4 is 11.1 Å². The minimum absolute atomic E-state index is 0.00696. The number of benzene rings is 1. The maximum atomic E-state index is 12.5. The van der Waals surface area contributed by atoms with Gasteiger partial charge in [-0.2, -0.15) is 0 Å². The smallest absolute Gasteiger partial charge is 0.137 e. The van der Waals surface area contributed by atoms with Crippen LogP contribution in [0.15, 0.2) is 48.6 Å². The zero-order valence-corrected chi connectivity index (χ0v) is 24.3. The lowest BCUT2D eigenvalue weighted by atomic mass is 9.65. The van der Waals surface area contributed by atoms with E-state index < -0.39 is 0 Å². The molecule has 10 rings (SSSR count). The number of fused-ring (bicyclic) bond motifs is 7. The highest BCUT2D eigenvalue weighted by atomic mass is 16.1. The fraction of sp³-hybridized carbons (Fsp3) is 0.703. The summed E-state index contributed by atoms with van der Waals surface area (Å²) in [4.78, 5) is 12.5. The van der Waals surface area contributed by atoms with Gasteiger partial charge in [0.1, 0.15) is 6.29 Å². The topological polar surface area (TPSA) is 55.1 Å². The van der Waals surface area contributed by atoms with Crippen LogP contribution >= 0.6 is 0 Å². The Balaban J connectivity index is 1.03. The Labute approximate surface area is 240 Å². The van der Waals surface area contributed by atoms with Gasteiger partial charge < -0.3 is 15.8 Å². The first-order valence-electron chi connectivity index (χ1n) is 16.9. The molecule has 3 nitrogen and oxygen atoms in total. The molecule has 2 aliphatic heterocycles. The number of nitrogens with one attached hydrogen (secondary N) is 1. The van der Waals surface area contributed by atoms with Crippen LogP contribution in [0.4, 0.5) is 5.69 Å². The summed E-state index contributed by atoms with van der Waals surface area (Å²) in [6, 6.07) is 8.90. The summed E-state index contributed by atoms with van der Waals surface area (Å²) in [5.74, 6) is 8.48. The minimum Gasteiger partial charge on any atom is -0.379 e. The molecule has 0 amide bonds. The standard InChI is InChI=1S/C37H48N2O/c1-20-13-28-21(2)7-10-31-35(30(28)14-20)37(31,34(38)19-40)24-8-9-26-23(16-24)17-32-29(26)18-25-15-22-11-12-36(25,32)39-33-6-4-3-5-27(22)33/h3-6,8-9,19-20,22-26,28-32,34-35,39H,2,7,10-18,38H2,1H3. The molecule has 1 aromatic carbocycles. The lowest BCUT2D eigenvalue weighted by Gasteiger charge is -2.44. The van der Waals surface area contributed by atoms with Gasteiger partial charge >= 0.3 is 0 Å². The highest BCUT2D eigenvalue weighted by Gasteiger charge is 2.74. The van der Waals surface area contributed by atoms with Crippen molar-refractivity contribution in [3.05, 3.63) is 54.1 Å². The van der Waals surface area contributed by atoms with Gasteiger partial charge in [-0.3, -0.25) is 0 Å². The van der Waals surface area contributed by atoms with Crippen molar-refractivity contribution in [1.29, 1.82) is 0 Å². The first-order chi connectivity index (χ1) is 19.5. The van der Waals surface area contributed by atoms with Gasteiger partial charge in [0.15, 0.2) is 0 Å². The molecule has 2 bridgehead atoms. The maximum absolute atomic E-state index is 12.5. The van der Waals surface area contributed by atoms with Crippen molar-refractivity contribution < 1.29 is 4.79 Å². The highest BCUT2D eigenvalue weighted by molar-refractivity contribution is 5.62. The summed E-state index contributed by atoms with van der Waals surface area (Å²) in [6.45, 7) is 6.99. The first-order valence-corrected chi connectivity index (χ1v) is 16.9. The Kier molecular flexibility index (Phi) is 5.16. The van der Waals surface area contributed by atoms with Crippen molar-refractivity contribution in [2.75, 3.05) is 5.32 Å². The monoisotopic (exact) mass is 536 g/mol. The molecule has 40 heavy (non-hydrogen) atoms. The molecule has 0 radical (unpaired) electrons. The number of hydrogen-bond donors (Lipinski definition) is 2. The van der Waals surface area contributed by atoms with Crippen molar-refractivity contribution in [3.8, 4) is 0 Å². The highest BCUT2D eigenvalue weighted by Crippen LogP contribution is 2.76. The van der Waals surface area contributed by atoms with Gasteiger partial charge in [-0.05, 0) is 147 Å².